The summed E-state index contributed by atoms with van der Waals surface area (Å²) < 4.78 is 36.4. The Morgan fingerprint density at radius 3 is 2.48 bits per heavy atom. The molecule has 6 nitrogen and oxygen atoms in total. The quantitative estimate of drug-likeness (QED) is 0.432. The van der Waals surface area contributed by atoms with Gasteiger partial charge in [-0.3, -0.25) is 14.9 Å². The van der Waals surface area contributed by atoms with Gasteiger partial charge in [-0.05, 0) is 39.0 Å². The van der Waals surface area contributed by atoms with E-state index in [1.54, 1.807) is 6.92 Å². The van der Waals surface area contributed by atoms with Crippen LogP contribution in [-0.4, -0.2) is 30.0 Å². The Morgan fingerprint density at radius 1 is 1.19 bits per heavy atom. The van der Waals surface area contributed by atoms with Crippen LogP contribution in [0.3, 0.4) is 0 Å². The predicted molar refractivity (Wildman–Crippen MR) is 95.1 cm³/mol. The fourth-order valence-electron chi connectivity index (χ4n) is 2.33. The van der Waals surface area contributed by atoms with E-state index in [9.17, 15) is 23.2 Å². The number of halogens is 2. The minimum absolute atomic E-state index is 0.0389. The predicted octanol–water partition coefficient (Wildman–Crippen LogP) is 3.98. The van der Waals surface area contributed by atoms with E-state index in [1.165, 1.54) is 19.9 Å². The Morgan fingerprint density at radius 2 is 1.89 bits per heavy atom. The maximum Gasteiger partial charge on any atom is 0.344 e. The molecule has 144 valence electrons. The molecular weight excluding hydrogens is 380 g/mol. The zero-order valence-corrected chi connectivity index (χ0v) is 15.7. The lowest BCUT2D eigenvalue weighted by Crippen LogP contribution is -2.17. The molecule has 1 N–H and O–H groups in total. The van der Waals surface area contributed by atoms with E-state index in [1.807, 2.05) is 0 Å². The van der Waals surface area contributed by atoms with Crippen LogP contribution in [0.15, 0.2) is 27.5 Å². The number of amides is 1. The van der Waals surface area contributed by atoms with E-state index in [0.717, 1.165) is 23.9 Å². The van der Waals surface area contributed by atoms with E-state index in [-0.39, 0.29) is 35.1 Å². The molecule has 27 heavy (non-hydrogen) atoms. The topological polar surface area (TPSA) is 85.6 Å². The second-order valence-corrected chi connectivity index (χ2v) is 6.48. The number of carbonyl (C=O) groups is 3. The summed E-state index contributed by atoms with van der Waals surface area (Å²) in [6.07, 6.45) is 0. The van der Waals surface area contributed by atoms with Gasteiger partial charge in [0.25, 0.3) is 0 Å². The van der Waals surface area contributed by atoms with Crippen LogP contribution < -0.4 is 5.32 Å². The molecular formula is C18H17F2NO5S. The smallest absolute Gasteiger partial charge is 0.344 e. The molecule has 0 radical (unpaired) electrons. The minimum atomic E-state index is -1.02. The van der Waals surface area contributed by atoms with Gasteiger partial charge in [-0.1, -0.05) is 0 Å². The zero-order chi connectivity index (χ0) is 20.1. The number of ether oxygens (including phenoxy) is 1. The van der Waals surface area contributed by atoms with Crippen molar-refractivity contribution in [1.29, 1.82) is 0 Å². The van der Waals surface area contributed by atoms with Gasteiger partial charge < -0.3 is 9.15 Å². The lowest BCUT2D eigenvalue weighted by molar-refractivity contribution is -0.113. The lowest BCUT2D eigenvalue weighted by Gasteiger charge is -2.06. The fourth-order valence-corrected chi connectivity index (χ4v) is 3.05. The highest BCUT2D eigenvalue weighted by Crippen LogP contribution is 2.29. The van der Waals surface area contributed by atoms with Crippen molar-refractivity contribution in [1.82, 2.24) is 0 Å². The van der Waals surface area contributed by atoms with E-state index in [4.69, 9.17) is 9.15 Å². The Hall–Kier alpha value is -2.68. The molecule has 1 heterocycles. The molecule has 1 amide bonds. The van der Waals surface area contributed by atoms with E-state index < -0.39 is 29.3 Å². The number of aryl methyl sites for hydroxylation is 1. The van der Waals surface area contributed by atoms with Crippen LogP contribution in [0.4, 0.5) is 14.7 Å². The molecule has 2 rings (SSSR count). The standard InChI is InChI=1S/C18H17F2NO5S/c1-4-25-18(24)16-15(9(2)22)10(3)26-17(16)21-14(23)8-27-11-5-6-12(19)13(20)7-11/h5-7H,4,8H2,1-3H3,(H,21,23). The third-order valence-corrected chi connectivity index (χ3v) is 4.42. The highest BCUT2D eigenvalue weighted by molar-refractivity contribution is 8.00. The lowest BCUT2D eigenvalue weighted by atomic mass is 10.1. The Labute approximate surface area is 158 Å². The summed E-state index contributed by atoms with van der Waals surface area (Å²) in [6, 6.07) is 3.27. The third kappa shape index (κ3) is 4.94. The summed E-state index contributed by atoms with van der Waals surface area (Å²) in [5.41, 5.74) is -0.106. The van der Waals surface area contributed by atoms with Gasteiger partial charge in [0.15, 0.2) is 17.4 Å². The third-order valence-electron chi connectivity index (χ3n) is 3.43. The molecule has 0 atom stereocenters. The summed E-state index contributed by atoms with van der Waals surface area (Å²) >= 11 is 0.969. The minimum Gasteiger partial charge on any atom is -0.462 e. The van der Waals surface area contributed by atoms with E-state index in [0.29, 0.717) is 4.90 Å². The molecule has 0 aliphatic rings. The molecule has 2 aromatic rings. The molecule has 9 heteroatoms. The summed E-state index contributed by atoms with van der Waals surface area (Å²) in [4.78, 5) is 36.5. The fraction of sp³-hybridized carbons (Fsp3) is 0.278. The second-order valence-electron chi connectivity index (χ2n) is 5.43. The average molecular weight is 397 g/mol. The highest BCUT2D eigenvalue weighted by Gasteiger charge is 2.28. The van der Waals surface area contributed by atoms with Crippen LogP contribution in [0.5, 0.6) is 0 Å². The molecule has 0 bridgehead atoms. The van der Waals surface area contributed by atoms with Crippen molar-refractivity contribution in [2.45, 2.75) is 25.7 Å². The van der Waals surface area contributed by atoms with Crippen molar-refractivity contribution in [2.75, 3.05) is 17.7 Å². The van der Waals surface area contributed by atoms with Crippen molar-refractivity contribution in [3.8, 4) is 0 Å². The molecule has 0 fully saturated rings. The number of carbonyl (C=O) groups excluding carboxylic acids is 3. The Bertz CT molecular complexity index is 894. The average Bonchev–Trinajstić information content (AvgIpc) is 2.92. The summed E-state index contributed by atoms with van der Waals surface area (Å²) in [5.74, 6) is -3.91. The van der Waals surface area contributed by atoms with Gasteiger partial charge in [0, 0.05) is 4.90 Å². The monoisotopic (exact) mass is 397 g/mol. The van der Waals surface area contributed by atoms with E-state index in [2.05, 4.69) is 5.32 Å². The number of rotatable bonds is 7. The van der Waals surface area contributed by atoms with E-state index >= 15 is 0 Å². The number of thioether (sulfide) groups is 1. The SMILES string of the molecule is CCOC(=O)c1c(NC(=O)CSc2ccc(F)c(F)c2)oc(C)c1C(C)=O. The normalized spacial score (nSPS) is 10.6. The van der Waals surface area contributed by atoms with Gasteiger partial charge in [-0.2, -0.15) is 0 Å². The van der Waals surface area contributed by atoms with Crippen LogP contribution in [0.2, 0.25) is 0 Å². The number of Topliss-reactive ketones (excluding diaryl/α,β-unsaturated/α-hetero) is 1. The maximum absolute atomic E-state index is 13.2. The Balaban J connectivity index is 2.16. The number of benzene rings is 1. The van der Waals surface area contributed by atoms with Crippen molar-refractivity contribution >= 4 is 35.3 Å². The number of anilines is 1. The molecule has 0 aliphatic heterocycles. The molecule has 0 saturated heterocycles. The molecule has 0 saturated carbocycles. The number of hydrogen-bond acceptors (Lipinski definition) is 6. The van der Waals surface area contributed by atoms with Gasteiger partial charge in [0.2, 0.25) is 11.8 Å². The number of esters is 1. The van der Waals surface area contributed by atoms with Crippen LogP contribution in [0.25, 0.3) is 0 Å². The zero-order valence-electron chi connectivity index (χ0n) is 14.9. The van der Waals surface area contributed by atoms with Crippen molar-refractivity contribution < 1.29 is 32.3 Å². The number of nitrogens with one attached hydrogen (secondary N) is 1. The van der Waals surface area contributed by atoms with Gasteiger partial charge in [-0.15, -0.1) is 11.8 Å². The van der Waals surface area contributed by atoms with Crippen molar-refractivity contribution in [3.63, 3.8) is 0 Å². The van der Waals surface area contributed by atoms with Crippen LogP contribution in [0.1, 0.15) is 40.3 Å². The number of hydrogen-bond donors (Lipinski definition) is 1. The van der Waals surface area contributed by atoms with Gasteiger partial charge in [-0.25, -0.2) is 13.6 Å². The maximum atomic E-state index is 13.2. The summed E-state index contributed by atoms with van der Waals surface area (Å²) in [5, 5.41) is 2.41. The first-order valence-electron chi connectivity index (χ1n) is 7.93. The first kappa shape index (κ1) is 20.6. The molecule has 0 aliphatic carbocycles. The second kappa shape index (κ2) is 8.81. The van der Waals surface area contributed by atoms with Crippen LogP contribution >= 0.6 is 11.8 Å². The largest absolute Gasteiger partial charge is 0.462 e. The summed E-state index contributed by atoms with van der Waals surface area (Å²) in [6.45, 7) is 4.45. The Kier molecular flexibility index (Phi) is 6.73. The van der Waals surface area contributed by atoms with Crippen LogP contribution in [-0.2, 0) is 9.53 Å². The van der Waals surface area contributed by atoms with Gasteiger partial charge >= 0.3 is 5.97 Å². The molecule has 0 unspecified atom stereocenters. The first-order chi connectivity index (χ1) is 12.7. The van der Waals surface area contributed by atoms with Crippen LogP contribution in [0, 0.1) is 18.6 Å². The summed E-state index contributed by atoms with van der Waals surface area (Å²) in [7, 11) is 0. The first-order valence-corrected chi connectivity index (χ1v) is 8.92. The number of ketones is 1. The molecule has 1 aromatic heterocycles. The van der Waals surface area contributed by atoms with Crippen molar-refractivity contribution in [3.05, 3.63) is 46.7 Å². The van der Waals surface area contributed by atoms with Gasteiger partial charge in [0.1, 0.15) is 11.3 Å². The molecule has 1 aromatic carbocycles. The van der Waals surface area contributed by atoms with Crippen molar-refractivity contribution in [2.24, 2.45) is 0 Å². The van der Waals surface area contributed by atoms with Gasteiger partial charge in [0.05, 0.1) is 17.9 Å². The highest BCUT2D eigenvalue weighted by atomic mass is 32.2. The number of furan rings is 1. The molecule has 0 spiro atoms.